The van der Waals surface area contributed by atoms with Crippen LogP contribution in [-0.2, 0) is 6.42 Å². The fourth-order valence-electron chi connectivity index (χ4n) is 4.21. The van der Waals surface area contributed by atoms with Gasteiger partial charge in [-0.25, -0.2) is 0 Å². The third-order valence-corrected chi connectivity index (χ3v) is 6.01. The van der Waals surface area contributed by atoms with E-state index in [4.69, 9.17) is 6.42 Å². The molecule has 1 aromatic heterocycles. The molecule has 3 unspecified atom stereocenters. The van der Waals surface area contributed by atoms with Crippen molar-refractivity contribution in [2.75, 3.05) is 13.1 Å². The van der Waals surface area contributed by atoms with Crippen LogP contribution in [0.1, 0.15) is 77.8 Å². The third-order valence-electron chi connectivity index (χ3n) is 6.01. The largest absolute Gasteiger partial charge is 0.390 e. The number of hydrogen-bond donors (Lipinski definition) is 3. The first-order valence-electron chi connectivity index (χ1n) is 12.7. The average Bonchev–Trinajstić information content (AvgIpc) is 2.87. The number of unbranched alkanes of at least 4 members (excludes halogenated alkanes) is 1. The molecule has 7 heteroatoms. The molecule has 36 heavy (non-hydrogen) atoms. The maximum absolute atomic E-state index is 13.3. The van der Waals surface area contributed by atoms with Gasteiger partial charge in [0.25, 0.3) is 11.8 Å². The Labute approximate surface area is 214 Å². The molecule has 0 aliphatic heterocycles. The van der Waals surface area contributed by atoms with Crippen molar-refractivity contribution < 1.29 is 19.8 Å². The van der Waals surface area contributed by atoms with E-state index in [9.17, 15) is 19.8 Å². The van der Waals surface area contributed by atoms with Gasteiger partial charge < -0.3 is 20.4 Å². The van der Waals surface area contributed by atoms with Gasteiger partial charge >= 0.3 is 0 Å². The molecular weight excluding hydrogens is 454 g/mol. The van der Waals surface area contributed by atoms with Crippen molar-refractivity contribution in [1.29, 1.82) is 0 Å². The van der Waals surface area contributed by atoms with Crippen LogP contribution in [0.2, 0.25) is 0 Å². The Kier molecular flexibility index (Phi) is 12.1. The Morgan fingerprint density at radius 2 is 1.72 bits per heavy atom. The second kappa shape index (κ2) is 15.0. The van der Waals surface area contributed by atoms with Crippen LogP contribution >= 0.6 is 0 Å². The fourth-order valence-corrected chi connectivity index (χ4v) is 4.21. The summed E-state index contributed by atoms with van der Waals surface area (Å²) >= 11 is 0. The van der Waals surface area contributed by atoms with Gasteiger partial charge in [0.05, 0.1) is 12.1 Å². The molecule has 0 fully saturated rings. The van der Waals surface area contributed by atoms with Crippen molar-refractivity contribution in [2.45, 2.75) is 77.5 Å². The fraction of sp³-hybridized carbons (Fsp3) is 0.483. The van der Waals surface area contributed by atoms with Crippen molar-refractivity contribution in [1.82, 2.24) is 15.2 Å². The van der Waals surface area contributed by atoms with Crippen LogP contribution in [0.4, 0.5) is 0 Å². The average molecular weight is 494 g/mol. The van der Waals surface area contributed by atoms with Crippen LogP contribution < -0.4 is 5.32 Å². The number of pyridine rings is 1. The zero-order valence-electron chi connectivity index (χ0n) is 21.6. The molecule has 3 atom stereocenters. The van der Waals surface area contributed by atoms with E-state index in [2.05, 4.69) is 16.2 Å². The summed E-state index contributed by atoms with van der Waals surface area (Å²) in [5.74, 6) is 2.01. The van der Waals surface area contributed by atoms with Crippen LogP contribution in [0.3, 0.4) is 0 Å². The molecule has 2 aromatic rings. The molecule has 0 saturated heterocycles. The first-order valence-corrected chi connectivity index (χ1v) is 12.7. The molecule has 0 spiro atoms. The maximum atomic E-state index is 13.3. The molecule has 0 bridgehead atoms. The highest BCUT2D eigenvalue weighted by Crippen LogP contribution is 2.16. The molecule has 1 aromatic carbocycles. The molecule has 0 aliphatic carbocycles. The summed E-state index contributed by atoms with van der Waals surface area (Å²) in [6.07, 6.45) is 9.73. The Balaban J connectivity index is 2.27. The summed E-state index contributed by atoms with van der Waals surface area (Å²) in [4.78, 5) is 32.3. The Bertz CT molecular complexity index is 1010. The van der Waals surface area contributed by atoms with Gasteiger partial charge in [-0.05, 0) is 80.5 Å². The first kappa shape index (κ1) is 29.0. The number of carbonyl (C=O) groups excluding carboxylic acids is 2. The number of aromatic nitrogens is 1. The van der Waals surface area contributed by atoms with E-state index in [0.717, 1.165) is 24.0 Å². The molecule has 7 nitrogen and oxygen atoms in total. The van der Waals surface area contributed by atoms with Gasteiger partial charge in [0.15, 0.2) is 0 Å². The minimum absolute atomic E-state index is 0.103. The number of aliphatic hydroxyl groups is 2. The summed E-state index contributed by atoms with van der Waals surface area (Å²) in [5, 5.41) is 24.4. The van der Waals surface area contributed by atoms with Crippen molar-refractivity contribution in [3.63, 3.8) is 0 Å². The predicted molar refractivity (Wildman–Crippen MR) is 142 cm³/mol. The van der Waals surface area contributed by atoms with Gasteiger partial charge in [0.1, 0.15) is 6.10 Å². The number of carbonyl (C=O) groups is 2. The molecule has 2 amide bonds. The second-order valence-corrected chi connectivity index (χ2v) is 9.17. The summed E-state index contributed by atoms with van der Waals surface area (Å²) < 4.78 is 0. The minimum atomic E-state index is -1.20. The molecule has 1 heterocycles. The highest BCUT2D eigenvalue weighted by atomic mass is 16.3. The lowest BCUT2D eigenvalue weighted by atomic mass is 9.95. The van der Waals surface area contributed by atoms with Gasteiger partial charge in [-0.15, -0.1) is 12.3 Å². The number of nitrogens with one attached hydrogen (secondary N) is 1. The van der Waals surface area contributed by atoms with Crippen LogP contribution in [0.15, 0.2) is 42.7 Å². The Hall–Kier alpha value is -3.21. The number of aliphatic hydroxyl groups excluding tert-OH is 2. The quantitative estimate of drug-likeness (QED) is 0.276. The number of hydrogen-bond acceptors (Lipinski definition) is 5. The molecular formula is C29H39N3O4. The topological polar surface area (TPSA) is 103 Å². The van der Waals surface area contributed by atoms with E-state index >= 15 is 0 Å². The molecule has 0 saturated carbocycles. The minimum Gasteiger partial charge on any atom is -0.390 e. The lowest BCUT2D eigenvalue weighted by molar-refractivity contribution is -0.00787. The molecule has 0 aliphatic rings. The zero-order valence-corrected chi connectivity index (χ0v) is 21.6. The highest BCUT2D eigenvalue weighted by molar-refractivity contribution is 6.00. The van der Waals surface area contributed by atoms with Gasteiger partial charge in [0.2, 0.25) is 0 Å². The van der Waals surface area contributed by atoms with E-state index in [1.165, 1.54) is 0 Å². The number of terminal acetylenes is 1. The molecule has 3 N–H and O–H groups in total. The number of aryl methyl sites for hydroxylation is 1. The van der Waals surface area contributed by atoms with E-state index < -0.39 is 24.2 Å². The van der Waals surface area contributed by atoms with Crippen molar-refractivity contribution >= 4 is 11.8 Å². The SMILES string of the molecule is C#CCCCC(O)C(O)C(Cc1ccncc1)NC(=O)c1cc(C)cc(C(=O)N(CCC)CCC)c1. The van der Waals surface area contributed by atoms with Crippen LogP contribution in [0.5, 0.6) is 0 Å². The van der Waals surface area contributed by atoms with Crippen molar-refractivity contribution in [3.8, 4) is 12.3 Å². The molecule has 194 valence electrons. The van der Waals surface area contributed by atoms with Crippen molar-refractivity contribution in [2.24, 2.45) is 0 Å². The Morgan fingerprint density at radius 1 is 1.08 bits per heavy atom. The maximum Gasteiger partial charge on any atom is 0.253 e. The van der Waals surface area contributed by atoms with Gasteiger partial charge in [-0.1, -0.05) is 13.8 Å². The zero-order chi connectivity index (χ0) is 26.5. The number of benzene rings is 1. The lowest BCUT2D eigenvalue weighted by Gasteiger charge is -2.28. The normalized spacial score (nSPS) is 13.3. The number of nitrogens with zero attached hydrogens (tertiary/aromatic N) is 2. The van der Waals surface area contributed by atoms with E-state index in [-0.39, 0.29) is 5.91 Å². The standard InChI is InChI=1S/C29H39N3O4/c1-5-8-9-10-26(33)27(34)25(19-22-11-13-30-14-12-22)31-28(35)23-17-21(4)18-24(20-23)29(36)32(15-6-2)16-7-3/h1,11-14,17-18,20,25-27,33-34H,6-10,15-16,19H2,2-4H3,(H,31,35). The summed E-state index contributed by atoms with van der Waals surface area (Å²) in [6.45, 7) is 7.20. The molecule has 0 radical (unpaired) electrons. The van der Waals surface area contributed by atoms with Crippen LogP contribution in [0, 0.1) is 19.3 Å². The third kappa shape index (κ3) is 8.78. The second-order valence-electron chi connectivity index (χ2n) is 9.17. The molecule has 2 rings (SSSR count). The van der Waals surface area contributed by atoms with Crippen LogP contribution in [0.25, 0.3) is 0 Å². The Morgan fingerprint density at radius 3 is 2.33 bits per heavy atom. The smallest absolute Gasteiger partial charge is 0.253 e. The number of amides is 2. The predicted octanol–water partition coefficient (Wildman–Crippen LogP) is 3.52. The summed E-state index contributed by atoms with van der Waals surface area (Å²) in [5.41, 5.74) is 2.45. The summed E-state index contributed by atoms with van der Waals surface area (Å²) in [6, 6.07) is 7.96. The number of rotatable bonds is 14. The van der Waals surface area contributed by atoms with E-state index in [0.29, 0.717) is 49.9 Å². The van der Waals surface area contributed by atoms with Gasteiger partial charge in [0, 0.05) is 43.0 Å². The summed E-state index contributed by atoms with van der Waals surface area (Å²) in [7, 11) is 0. The van der Waals surface area contributed by atoms with E-state index in [1.807, 2.05) is 20.8 Å². The van der Waals surface area contributed by atoms with Crippen LogP contribution in [-0.4, -0.2) is 63.3 Å². The lowest BCUT2D eigenvalue weighted by Crippen LogP contribution is -2.49. The highest BCUT2D eigenvalue weighted by Gasteiger charge is 2.28. The van der Waals surface area contributed by atoms with Gasteiger partial charge in [-0.3, -0.25) is 14.6 Å². The first-order chi connectivity index (χ1) is 17.3. The van der Waals surface area contributed by atoms with E-state index in [1.54, 1.807) is 47.6 Å². The van der Waals surface area contributed by atoms with Gasteiger partial charge in [-0.2, -0.15) is 0 Å². The monoisotopic (exact) mass is 493 g/mol. The van der Waals surface area contributed by atoms with Crippen molar-refractivity contribution in [3.05, 3.63) is 65.0 Å².